The third-order valence-corrected chi connectivity index (χ3v) is 8.00. The largest absolute Gasteiger partial charge is 0.432 e. The van der Waals surface area contributed by atoms with Gasteiger partial charge in [0.05, 0.1) is 14.7 Å². The SMILES string of the molecule is CCC(C)(OSC)[SiH2]CC[Si](C)(C)O. The summed E-state index contributed by atoms with van der Waals surface area (Å²) in [7, 11) is -2.05. The van der Waals surface area contributed by atoms with E-state index in [1.54, 1.807) is 0 Å². The molecule has 0 saturated carbocycles. The molecule has 0 rings (SSSR count). The second kappa shape index (κ2) is 6.32. The Morgan fingerprint density at radius 1 is 1.50 bits per heavy atom. The third-order valence-electron chi connectivity index (χ3n) is 2.53. The van der Waals surface area contributed by atoms with Crippen LogP contribution in [0.25, 0.3) is 0 Å². The van der Waals surface area contributed by atoms with Crippen LogP contribution in [0.2, 0.25) is 25.2 Å². The summed E-state index contributed by atoms with van der Waals surface area (Å²) in [6.45, 7) is 8.42. The van der Waals surface area contributed by atoms with Crippen molar-refractivity contribution in [3.63, 3.8) is 0 Å². The molecule has 0 aliphatic carbocycles. The van der Waals surface area contributed by atoms with Crippen LogP contribution in [-0.2, 0) is 4.18 Å². The van der Waals surface area contributed by atoms with Crippen molar-refractivity contribution in [2.24, 2.45) is 0 Å². The van der Waals surface area contributed by atoms with Crippen molar-refractivity contribution in [1.82, 2.24) is 0 Å². The van der Waals surface area contributed by atoms with E-state index in [9.17, 15) is 4.80 Å². The van der Waals surface area contributed by atoms with Gasteiger partial charge in [0.1, 0.15) is 0 Å². The summed E-state index contributed by atoms with van der Waals surface area (Å²) in [6.07, 6.45) is 3.07. The molecule has 0 aliphatic rings. The lowest BCUT2D eigenvalue weighted by atomic mass is 10.3. The van der Waals surface area contributed by atoms with Gasteiger partial charge in [-0.05, 0) is 44.5 Å². The molecule has 0 spiro atoms. The molecule has 1 atom stereocenters. The summed E-state index contributed by atoms with van der Waals surface area (Å²) in [5.41, 5.74) is 0. The molecule has 86 valence electrons. The van der Waals surface area contributed by atoms with Gasteiger partial charge in [0.15, 0.2) is 8.32 Å². The van der Waals surface area contributed by atoms with Crippen LogP contribution in [0.3, 0.4) is 0 Å². The molecule has 14 heavy (non-hydrogen) atoms. The lowest BCUT2D eigenvalue weighted by molar-refractivity contribution is 0.206. The van der Waals surface area contributed by atoms with Crippen LogP contribution in [0.15, 0.2) is 0 Å². The molecule has 0 aliphatic heterocycles. The van der Waals surface area contributed by atoms with E-state index in [1.807, 2.05) is 19.3 Å². The number of hydrogen-bond acceptors (Lipinski definition) is 3. The molecule has 0 fully saturated rings. The van der Waals surface area contributed by atoms with Crippen molar-refractivity contribution in [2.45, 2.75) is 50.7 Å². The van der Waals surface area contributed by atoms with E-state index in [0.29, 0.717) is 0 Å². The second-order valence-electron chi connectivity index (χ2n) is 4.72. The zero-order valence-corrected chi connectivity index (χ0v) is 13.3. The van der Waals surface area contributed by atoms with Gasteiger partial charge < -0.3 is 8.98 Å². The maximum atomic E-state index is 9.73. The van der Waals surface area contributed by atoms with E-state index < -0.39 is 8.32 Å². The zero-order chi connectivity index (χ0) is 11.2. The van der Waals surface area contributed by atoms with Gasteiger partial charge in [-0.2, -0.15) is 0 Å². The Balaban J connectivity index is 3.84. The summed E-state index contributed by atoms with van der Waals surface area (Å²) < 4.78 is 5.71. The molecular weight excluding hydrogens is 228 g/mol. The average Bonchev–Trinajstić information content (AvgIpc) is 2.02. The maximum Gasteiger partial charge on any atom is 0.182 e. The fourth-order valence-electron chi connectivity index (χ4n) is 1.37. The average molecular weight is 253 g/mol. The van der Waals surface area contributed by atoms with Crippen LogP contribution < -0.4 is 0 Å². The first-order valence-electron chi connectivity index (χ1n) is 5.27. The van der Waals surface area contributed by atoms with Crippen LogP contribution in [0.5, 0.6) is 0 Å². The van der Waals surface area contributed by atoms with Gasteiger partial charge in [-0.25, -0.2) is 0 Å². The van der Waals surface area contributed by atoms with Gasteiger partial charge >= 0.3 is 0 Å². The predicted molar refractivity (Wildman–Crippen MR) is 71.2 cm³/mol. The highest BCUT2D eigenvalue weighted by molar-refractivity contribution is 7.94. The van der Waals surface area contributed by atoms with Crippen LogP contribution in [0.1, 0.15) is 20.3 Å². The van der Waals surface area contributed by atoms with Gasteiger partial charge in [0.25, 0.3) is 0 Å². The Morgan fingerprint density at radius 3 is 2.43 bits per heavy atom. The summed E-state index contributed by atoms with van der Waals surface area (Å²) in [5, 5.41) is 0.124. The third kappa shape index (κ3) is 7.06. The Bertz CT molecular complexity index is 161. The highest BCUT2D eigenvalue weighted by atomic mass is 32.2. The monoisotopic (exact) mass is 252 g/mol. The van der Waals surface area contributed by atoms with E-state index in [1.165, 1.54) is 18.1 Å². The quantitative estimate of drug-likeness (QED) is 0.556. The first-order valence-corrected chi connectivity index (χ1v) is 11.3. The van der Waals surface area contributed by atoms with Crippen LogP contribution in [0.4, 0.5) is 0 Å². The minimum atomic E-state index is -1.82. The Morgan fingerprint density at radius 2 is 2.07 bits per heavy atom. The minimum Gasteiger partial charge on any atom is -0.432 e. The van der Waals surface area contributed by atoms with Crippen molar-refractivity contribution in [3.05, 3.63) is 0 Å². The summed E-state index contributed by atoms with van der Waals surface area (Å²) in [4.78, 5) is 9.73. The fraction of sp³-hybridized carbons (Fsp3) is 1.00. The maximum absolute atomic E-state index is 9.73. The van der Waals surface area contributed by atoms with Crippen molar-refractivity contribution in [1.29, 1.82) is 0 Å². The molecule has 2 nitrogen and oxygen atoms in total. The van der Waals surface area contributed by atoms with E-state index in [4.69, 9.17) is 4.18 Å². The molecule has 0 heterocycles. The van der Waals surface area contributed by atoms with E-state index in [2.05, 4.69) is 13.8 Å². The van der Waals surface area contributed by atoms with Crippen LogP contribution >= 0.6 is 12.0 Å². The highest BCUT2D eigenvalue weighted by Gasteiger charge is 2.25. The lowest BCUT2D eigenvalue weighted by Crippen LogP contribution is -2.35. The van der Waals surface area contributed by atoms with Crippen molar-refractivity contribution >= 4 is 29.9 Å². The first-order chi connectivity index (χ1) is 6.33. The molecule has 0 bridgehead atoms. The molecule has 0 saturated heterocycles. The van der Waals surface area contributed by atoms with E-state index in [0.717, 1.165) is 12.5 Å². The zero-order valence-electron chi connectivity index (χ0n) is 10.1. The van der Waals surface area contributed by atoms with Crippen molar-refractivity contribution < 1.29 is 8.98 Å². The van der Waals surface area contributed by atoms with Gasteiger partial charge in [0, 0.05) is 6.26 Å². The molecule has 0 aromatic heterocycles. The second-order valence-corrected chi connectivity index (χ2v) is 12.0. The molecule has 1 N–H and O–H groups in total. The number of hydrogen-bond donors (Lipinski definition) is 1. The molecule has 1 unspecified atom stereocenters. The fourth-order valence-corrected chi connectivity index (χ4v) is 7.85. The van der Waals surface area contributed by atoms with E-state index in [-0.39, 0.29) is 14.7 Å². The van der Waals surface area contributed by atoms with Crippen LogP contribution in [-0.4, -0.2) is 34.1 Å². The highest BCUT2D eigenvalue weighted by Crippen LogP contribution is 2.22. The molecule has 0 aromatic rings. The van der Waals surface area contributed by atoms with Crippen molar-refractivity contribution in [3.8, 4) is 0 Å². The predicted octanol–water partition coefficient (Wildman–Crippen LogP) is 2.19. The molecule has 0 aromatic carbocycles. The molecule has 5 heteroatoms. The van der Waals surface area contributed by atoms with E-state index >= 15 is 0 Å². The van der Waals surface area contributed by atoms with Crippen LogP contribution in [0, 0.1) is 0 Å². The Hall–Kier alpha value is 0.704. The molecular formula is C9H24O2SSi2. The topological polar surface area (TPSA) is 29.5 Å². The van der Waals surface area contributed by atoms with Gasteiger partial charge in [-0.1, -0.05) is 13.0 Å². The molecule has 0 amide bonds. The summed E-state index contributed by atoms with van der Waals surface area (Å²) in [6, 6.07) is 2.24. The van der Waals surface area contributed by atoms with Gasteiger partial charge in [0.2, 0.25) is 0 Å². The smallest absolute Gasteiger partial charge is 0.182 e. The Kier molecular flexibility index (Phi) is 6.64. The number of rotatable bonds is 7. The minimum absolute atomic E-state index is 0.124. The van der Waals surface area contributed by atoms with Gasteiger partial charge in [-0.15, -0.1) is 0 Å². The first kappa shape index (κ1) is 14.7. The standard InChI is InChI=1S/C9H24O2SSi2/c1-6-9(2,11-12-3)13-7-8-14(4,5)10/h10H,6-8,13H2,1-5H3. The summed E-state index contributed by atoms with van der Waals surface area (Å²) >= 11 is 1.47. The lowest BCUT2D eigenvalue weighted by Gasteiger charge is -2.27. The Labute approximate surface area is 96.0 Å². The summed E-state index contributed by atoms with van der Waals surface area (Å²) in [5.74, 6) is 0. The van der Waals surface area contributed by atoms with Crippen molar-refractivity contribution in [2.75, 3.05) is 6.26 Å². The van der Waals surface area contributed by atoms with Gasteiger partial charge in [-0.3, -0.25) is 0 Å². The normalized spacial score (nSPS) is 17.6. The molecule has 0 radical (unpaired) electrons.